The number of anilines is 1. The number of aliphatic hydroxyl groups is 1. The Morgan fingerprint density at radius 3 is 2.79 bits per heavy atom. The van der Waals surface area contributed by atoms with Crippen molar-refractivity contribution in [2.45, 2.75) is 32.9 Å². The highest BCUT2D eigenvalue weighted by molar-refractivity contribution is 6.33. The molecule has 0 spiro atoms. The SMILES string of the molecule is CCN(CC)C1CCN(c2ncc(CO)cc2Cl)C1. The molecular weight excluding hydrogens is 262 g/mol. The Kier molecular flexibility index (Phi) is 5.02. The summed E-state index contributed by atoms with van der Waals surface area (Å²) in [5.41, 5.74) is 0.758. The molecule has 4 nitrogen and oxygen atoms in total. The first kappa shape index (κ1) is 14.6. The number of halogens is 1. The summed E-state index contributed by atoms with van der Waals surface area (Å²) in [6.45, 7) is 8.52. The molecule has 1 N–H and O–H groups in total. The van der Waals surface area contributed by atoms with Crippen LogP contribution in [0.1, 0.15) is 25.8 Å². The third kappa shape index (κ3) is 3.19. The predicted octanol–water partition coefficient (Wildman–Crippen LogP) is 2.15. The van der Waals surface area contributed by atoms with E-state index >= 15 is 0 Å². The van der Waals surface area contributed by atoms with Gasteiger partial charge in [0.15, 0.2) is 0 Å². The molecule has 0 aliphatic carbocycles. The fraction of sp³-hybridized carbons (Fsp3) is 0.643. The number of hydrogen-bond acceptors (Lipinski definition) is 4. The maximum Gasteiger partial charge on any atom is 0.147 e. The van der Waals surface area contributed by atoms with E-state index in [1.165, 1.54) is 0 Å². The smallest absolute Gasteiger partial charge is 0.147 e. The molecule has 1 saturated heterocycles. The summed E-state index contributed by atoms with van der Waals surface area (Å²) in [6, 6.07) is 2.39. The van der Waals surface area contributed by atoms with E-state index in [-0.39, 0.29) is 6.61 Å². The van der Waals surface area contributed by atoms with E-state index < -0.39 is 0 Å². The van der Waals surface area contributed by atoms with E-state index in [0.717, 1.165) is 44.0 Å². The first-order chi connectivity index (χ1) is 9.19. The van der Waals surface area contributed by atoms with Crippen LogP contribution in [0.3, 0.4) is 0 Å². The highest BCUT2D eigenvalue weighted by atomic mass is 35.5. The predicted molar refractivity (Wildman–Crippen MR) is 78.7 cm³/mol. The Bertz CT molecular complexity index is 423. The Hall–Kier alpha value is -0.840. The van der Waals surface area contributed by atoms with Crippen molar-refractivity contribution in [1.29, 1.82) is 0 Å². The van der Waals surface area contributed by atoms with Gasteiger partial charge in [0, 0.05) is 25.3 Å². The second-order valence-corrected chi connectivity index (χ2v) is 5.32. The molecule has 1 aromatic heterocycles. The van der Waals surface area contributed by atoms with E-state index in [4.69, 9.17) is 16.7 Å². The van der Waals surface area contributed by atoms with Crippen LogP contribution in [0.25, 0.3) is 0 Å². The van der Waals surface area contributed by atoms with Gasteiger partial charge in [-0.05, 0) is 31.1 Å². The van der Waals surface area contributed by atoms with Gasteiger partial charge in [-0.15, -0.1) is 0 Å². The van der Waals surface area contributed by atoms with Gasteiger partial charge in [-0.3, -0.25) is 4.90 Å². The van der Waals surface area contributed by atoms with Crippen molar-refractivity contribution >= 4 is 17.4 Å². The molecule has 1 aliphatic rings. The molecule has 5 heteroatoms. The number of hydrogen-bond donors (Lipinski definition) is 1. The molecule has 1 atom stereocenters. The molecule has 0 amide bonds. The maximum atomic E-state index is 9.08. The van der Waals surface area contributed by atoms with Gasteiger partial charge in [0.1, 0.15) is 5.82 Å². The van der Waals surface area contributed by atoms with E-state index in [1.807, 2.05) is 0 Å². The van der Waals surface area contributed by atoms with Gasteiger partial charge >= 0.3 is 0 Å². The van der Waals surface area contributed by atoms with Crippen molar-refractivity contribution in [3.63, 3.8) is 0 Å². The van der Waals surface area contributed by atoms with Crippen molar-refractivity contribution in [2.75, 3.05) is 31.1 Å². The van der Waals surface area contributed by atoms with E-state index in [0.29, 0.717) is 11.1 Å². The van der Waals surface area contributed by atoms with Crippen LogP contribution in [0.4, 0.5) is 5.82 Å². The summed E-state index contributed by atoms with van der Waals surface area (Å²) in [6.07, 6.45) is 2.85. The van der Waals surface area contributed by atoms with Gasteiger partial charge in [-0.2, -0.15) is 0 Å². The van der Waals surface area contributed by atoms with Crippen molar-refractivity contribution in [3.8, 4) is 0 Å². The molecule has 19 heavy (non-hydrogen) atoms. The lowest BCUT2D eigenvalue weighted by Gasteiger charge is -2.26. The number of nitrogens with zero attached hydrogens (tertiary/aromatic N) is 3. The summed E-state index contributed by atoms with van der Waals surface area (Å²) in [4.78, 5) is 9.12. The number of likely N-dealkylation sites (N-methyl/N-ethyl adjacent to an activating group) is 1. The minimum Gasteiger partial charge on any atom is -0.392 e. The lowest BCUT2D eigenvalue weighted by molar-refractivity contribution is 0.232. The first-order valence-electron chi connectivity index (χ1n) is 6.93. The molecule has 1 unspecified atom stereocenters. The van der Waals surface area contributed by atoms with Crippen LogP contribution in [0.2, 0.25) is 5.02 Å². The van der Waals surface area contributed by atoms with Gasteiger partial charge < -0.3 is 10.0 Å². The average Bonchev–Trinajstić information content (AvgIpc) is 2.89. The van der Waals surface area contributed by atoms with Crippen LogP contribution >= 0.6 is 11.6 Å². The van der Waals surface area contributed by atoms with E-state index in [1.54, 1.807) is 12.3 Å². The van der Waals surface area contributed by atoms with Crippen LogP contribution in [0, 0.1) is 0 Å². The van der Waals surface area contributed by atoms with Gasteiger partial charge in [0.05, 0.1) is 11.6 Å². The molecule has 2 rings (SSSR count). The fourth-order valence-corrected chi connectivity index (χ4v) is 3.07. The minimum atomic E-state index is -0.0188. The van der Waals surface area contributed by atoms with Crippen molar-refractivity contribution in [3.05, 3.63) is 22.8 Å². The minimum absolute atomic E-state index is 0.0188. The Balaban J connectivity index is 2.08. The number of rotatable bonds is 5. The monoisotopic (exact) mass is 283 g/mol. The summed E-state index contributed by atoms with van der Waals surface area (Å²) in [5, 5.41) is 9.71. The zero-order valence-electron chi connectivity index (χ0n) is 11.6. The molecule has 0 bridgehead atoms. The summed E-state index contributed by atoms with van der Waals surface area (Å²) in [5.74, 6) is 0.841. The largest absolute Gasteiger partial charge is 0.392 e. The molecule has 0 saturated carbocycles. The van der Waals surface area contributed by atoms with Gasteiger partial charge in [-0.1, -0.05) is 25.4 Å². The van der Waals surface area contributed by atoms with Crippen molar-refractivity contribution in [2.24, 2.45) is 0 Å². The number of pyridine rings is 1. The first-order valence-corrected chi connectivity index (χ1v) is 7.31. The highest BCUT2D eigenvalue weighted by Crippen LogP contribution is 2.28. The molecule has 106 valence electrons. The highest BCUT2D eigenvalue weighted by Gasteiger charge is 2.27. The van der Waals surface area contributed by atoms with E-state index in [9.17, 15) is 0 Å². The Labute approximate surface area is 120 Å². The second-order valence-electron chi connectivity index (χ2n) is 4.92. The Morgan fingerprint density at radius 2 is 2.21 bits per heavy atom. The van der Waals surface area contributed by atoms with Crippen LogP contribution in [-0.4, -0.2) is 47.2 Å². The van der Waals surface area contributed by atoms with Crippen LogP contribution in [-0.2, 0) is 6.61 Å². The summed E-state index contributed by atoms with van der Waals surface area (Å²) < 4.78 is 0. The number of aliphatic hydroxyl groups excluding tert-OH is 1. The molecule has 1 aliphatic heterocycles. The lowest BCUT2D eigenvalue weighted by Crippen LogP contribution is -2.37. The summed E-state index contributed by atoms with van der Waals surface area (Å²) in [7, 11) is 0. The molecule has 0 radical (unpaired) electrons. The fourth-order valence-electron chi connectivity index (χ4n) is 2.76. The molecule has 2 heterocycles. The average molecular weight is 284 g/mol. The number of aromatic nitrogens is 1. The third-order valence-electron chi connectivity index (χ3n) is 3.85. The zero-order chi connectivity index (χ0) is 13.8. The molecule has 1 aromatic rings. The molecular formula is C14H22ClN3O. The Morgan fingerprint density at radius 1 is 1.47 bits per heavy atom. The lowest BCUT2D eigenvalue weighted by atomic mass is 10.2. The topological polar surface area (TPSA) is 39.6 Å². The maximum absolute atomic E-state index is 9.08. The quantitative estimate of drug-likeness (QED) is 0.899. The van der Waals surface area contributed by atoms with Gasteiger partial charge in [0.2, 0.25) is 0 Å². The molecule has 1 fully saturated rings. The van der Waals surface area contributed by atoms with E-state index in [2.05, 4.69) is 28.6 Å². The second kappa shape index (κ2) is 6.55. The van der Waals surface area contributed by atoms with Crippen LogP contribution in [0.15, 0.2) is 12.3 Å². The van der Waals surface area contributed by atoms with Gasteiger partial charge in [0.25, 0.3) is 0 Å². The van der Waals surface area contributed by atoms with Crippen molar-refractivity contribution < 1.29 is 5.11 Å². The van der Waals surface area contributed by atoms with Crippen LogP contribution < -0.4 is 4.90 Å². The standard InChI is InChI=1S/C14H22ClN3O/c1-3-17(4-2)12-5-6-18(9-12)14-13(15)7-11(10-19)8-16-14/h7-8,12,19H,3-6,9-10H2,1-2H3. The third-order valence-corrected chi connectivity index (χ3v) is 4.13. The molecule has 0 aromatic carbocycles. The summed E-state index contributed by atoms with van der Waals surface area (Å²) >= 11 is 6.25. The van der Waals surface area contributed by atoms with Crippen LogP contribution in [0.5, 0.6) is 0 Å². The van der Waals surface area contributed by atoms with Crippen molar-refractivity contribution in [1.82, 2.24) is 9.88 Å². The van der Waals surface area contributed by atoms with Gasteiger partial charge in [-0.25, -0.2) is 4.98 Å². The normalized spacial score (nSPS) is 19.4. The zero-order valence-corrected chi connectivity index (χ0v) is 12.4.